The Morgan fingerprint density at radius 3 is 2.67 bits per heavy atom. The summed E-state index contributed by atoms with van der Waals surface area (Å²) in [6, 6.07) is 5.09. The van der Waals surface area contributed by atoms with Gasteiger partial charge in [-0.1, -0.05) is 6.07 Å². The first-order chi connectivity index (χ1) is 8.61. The highest BCUT2D eigenvalue weighted by atomic mass is 35.5. The number of nitrogens with one attached hydrogen (secondary N) is 1. The van der Waals surface area contributed by atoms with Crippen molar-refractivity contribution in [2.75, 3.05) is 7.05 Å². The van der Waals surface area contributed by atoms with Crippen molar-refractivity contribution in [1.82, 2.24) is 5.32 Å². The number of hydrogen-bond donors (Lipinski definition) is 1. The molecule has 1 heterocycles. The van der Waals surface area contributed by atoms with Crippen LogP contribution in [0.2, 0.25) is 5.22 Å². The molecule has 0 saturated heterocycles. The summed E-state index contributed by atoms with van der Waals surface area (Å²) >= 11 is 5.88. The van der Waals surface area contributed by atoms with Crippen LogP contribution < -0.4 is 5.32 Å². The van der Waals surface area contributed by atoms with Gasteiger partial charge in [0.2, 0.25) is 0 Å². The molecule has 0 saturated carbocycles. The van der Waals surface area contributed by atoms with Crippen molar-refractivity contribution in [3.8, 4) is 0 Å². The fraction of sp³-hybridized carbons (Fsp3) is 0.231. The van der Waals surface area contributed by atoms with Gasteiger partial charge in [0.15, 0.2) is 5.22 Å². The first-order valence-electron chi connectivity index (χ1n) is 5.46. The number of benzene rings is 1. The number of likely N-dealkylation sites (N-methyl/N-ethyl adjacent to an activating group) is 1. The smallest absolute Gasteiger partial charge is 0.197 e. The minimum absolute atomic E-state index is 0.184. The fourth-order valence-electron chi connectivity index (χ4n) is 1.83. The van der Waals surface area contributed by atoms with Crippen LogP contribution in [0.5, 0.6) is 0 Å². The third-order valence-corrected chi connectivity index (χ3v) is 3.12. The SMILES string of the molecule is CNC(Cc1ccc(F)cc1F)c1ccoc1Cl. The quantitative estimate of drug-likeness (QED) is 0.917. The number of halogens is 3. The van der Waals surface area contributed by atoms with Crippen LogP contribution in [0.4, 0.5) is 8.78 Å². The first-order valence-corrected chi connectivity index (χ1v) is 5.83. The van der Waals surface area contributed by atoms with Crippen molar-refractivity contribution in [3.05, 3.63) is 58.5 Å². The molecule has 0 fully saturated rings. The maximum absolute atomic E-state index is 13.6. The van der Waals surface area contributed by atoms with Crippen molar-refractivity contribution in [3.63, 3.8) is 0 Å². The summed E-state index contributed by atoms with van der Waals surface area (Å²) in [6.45, 7) is 0. The van der Waals surface area contributed by atoms with Crippen LogP contribution in [-0.4, -0.2) is 7.05 Å². The minimum Gasteiger partial charge on any atom is -0.453 e. The van der Waals surface area contributed by atoms with E-state index in [1.54, 1.807) is 13.1 Å². The van der Waals surface area contributed by atoms with E-state index < -0.39 is 11.6 Å². The Kier molecular flexibility index (Phi) is 3.99. The highest BCUT2D eigenvalue weighted by Gasteiger charge is 2.17. The van der Waals surface area contributed by atoms with Gasteiger partial charge in [0, 0.05) is 17.7 Å². The Labute approximate surface area is 109 Å². The van der Waals surface area contributed by atoms with E-state index in [2.05, 4.69) is 5.32 Å². The van der Waals surface area contributed by atoms with E-state index >= 15 is 0 Å². The second kappa shape index (κ2) is 5.50. The molecule has 1 aromatic carbocycles. The molecule has 0 radical (unpaired) electrons. The molecule has 1 aromatic heterocycles. The van der Waals surface area contributed by atoms with Crippen LogP contribution in [0, 0.1) is 11.6 Å². The molecule has 96 valence electrons. The first kappa shape index (κ1) is 13.1. The highest BCUT2D eigenvalue weighted by molar-refractivity contribution is 6.29. The van der Waals surface area contributed by atoms with Gasteiger partial charge in [-0.05, 0) is 42.8 Å². The molecule has 1 atom stereocenters. The molecule has 2 nitrogen and oxygen atoms in total. The van der Waals surface area contributed by atoms with E-state index in [-0.39, 0.29) is 11.3 Å². The number of hydrogen-bond acceptors (Lipinski definition) is 2. The van der Waals surface area contributed by atoms with Gasteiger partial charge in [-0.3, -0.25) is 0 Å². The van der Waals surface area contributed by atoms with Crippen LogP contribution in [0.15, 0.2) is 34.9 Å². The summed E-state index contributed by atoms with van der Waals surface area (Å²) in [7, 11) is 1.75. The van der Waals surface area contributed by atoms with E-state index in [9.17, 15) is 8.78 Å². The molecule has 2 rings (SSSR count). The Hall–Kier alpha value is -1.39. The van der Waals surface area contributed by atoms with Gasteiger partial charge >= 0.3 is 0 Å². The van der Waals surface area contributed by atoms with Crippen molar-refractivity contribution >= 4 is 11.6 Å². The zero-order valence-electron chi connectivity index (χ0n) is 9.71. The summed E-state index contributed by atoms with van der Waals surface area (Å²) < 4.78 is 31.4. The van der Waals surface area contributed by atoms with E-state index in [1.807, 2.05) is 0 Å². The monoisotopic (exact) mass is 271 g/mol. The third kappa shape index (κ3) is 2.71. The van der Waals surface area contributed by atoms with Gasteiger partial charge < -0.3 is 9.73 Å². The summed E-state index contributed by atoms with van der Waals surface area (Å²) in [6.07, 6.45) is 1.84. The minimum atomic E-state index is -0.585. The summed E-state index contributed by atoms with van der Waals surface area (Å²) in [5, 5.41) is 3.31. The Balaban J connectivity index is 2.23. The van der Waals surface area contributed by atoms with Crippen LogP contribution in [-0.2, 0) is 6.42 Å². The van der Waals surface area contributed by atoms with Gasteiger partial charge in [0.05, 0.1) is 6.26 Å². The lowest BCUT2D eigenvalue weighted by molar-refractivity contribution is 0.527. The Morgan fingerprint density at radius 1 is 1.33 bits per heavy atom. The van der Waals surface area contributed by atoms with Gasteiger partial charge in [-0.2, -0.15) is 0 Å². The lowest BCUT2D eigenvalue weighted by atomic mass is 10.0. The standard InChI is InChI=1S/C13H12ClF2NO/c1-17-12(10-4-5-18-13(10)14)6-8-2-3-9(15)7-11(8)16/h2-5,7,12,17H,6H2,1H3. The van der Waals surface area contributed by atoms with Crippen LogP contribution in [0.1, 0.15) is 17.2 Å². The molecule has 0 aliphatic rings. The van der Waals surface area contributed by atoms with E-state index in [4.69, 9.17) is 16.0 Å². The molecule has 1 N–H and O–H groups in total. The predicted molar refractivity (Wildman–Crippen MR) is 65.6 cm³/mol. The molecule has 18 heavy (non-hydrogen) atoms. The molecule has 2 aromatic rings. The van der Waals surface area contributed by atoms with Crippen LogP contribution in [0.25, 0.3) is 0 Å². The lowest BCUT2D eigenvalue weighted by Crippen LogP contribution is -2.19. The van der Waals surface area contributed by atoms with E-state index in [1.165, 1.54) is 18.4 Å². The van der Waals surface area contributed by atoms with Gasteiger partial charge in [-0.25, -0.2) is 8.78 Å². The second-order valence-electron chi connectivity index (χ2n) is 3.93. The Bertz CT molecular complexity index is 542. The predicted octanol–water partition coefficient (Wildman–Crippen LogP) is 3.71. The largest absolute Gasteiger partial charge is 0.453 e. The summed E-state index contributed by atoms with van der Waals surface area (Å²) in [5.74, 6) is -1.14. The van der Waals surface area contributed by atoms with Crippen LogP contribution >= 0.6 is 11.6 Å². The molecule has 5 heteroatoms. The fourth-order valence-corrected chi connectivity index (χ4v) is 2.07. The highest BCUT2D eigenvalue weighted by Crippen LogP contribution is 2.27. The molecule has 1 unspecified atom stereocenters. The van der Waals surface area contributed by atoms with Gasteiger partial charge in [0.1, 0.15) is 11.6 Å². The second-order valence-corrected chi connectivity index (χ2v) is 4.27. The molecule has 0 aliphatic heterocycles. The van der Waals surface area contributed by atoms with Crippen molar-refractivity contribution in [2.24, 2.45) is 0 Å². The summed E-state index contributed by atoms with van der Waals surface area (Å²) in [4.78, 5) is 0. The lowest BCUT2D eigenvalue weighted by Gasteiger charge is -2.15. The average molecular weight is 272 g/mol. The average Bonchev–Trinajstić information content (AvgIpc) is 2.75. The maximum Gasteiger partial charge on any atom is 0.197 e. The maximum atomic E-state index is 13.6. The summed E-state index contributed by atoms with van der Waals surface area (Å²) in [5.41, 5.74) is 1.18. The molecule has 0 spiro atoms. The molecular formula is C13H12ClF2NO. The van der Waals surface area contributed by atoms with E-state index in [0.717, 1.165) is 11.6 Å². The zero-order chi connectivity index (χ0) is 13.1. The van der Waals surface area contributed by atoms with Crippen molar-refractivity contribution in [2.45, 2.75) is 12.5 Å². The zero-order valence-corrected chi connectivity index (χ0v) is 10.5. The van der Waals surface area contributed by atoms with Gasteiger partial charge in [0.25, 0.3) is 0 Å². The molecular weight excluding hydrogens is 260 g/mol. The normalized spacial score (nSPS) is 12.7. The topological polar surface area (TPSA) is 25.2 Å². The third-order valence-electron chi connectivity index (χ3n) is 2.81. The van der Waals surface area contributed by atoms with Crippen molar-refractivity contribution < 1.29 is 13.2 Å². The Morgan fingerprint density at radius 2 is 2.11 bits per heavy atom. The van der Waals surface area contributed by atoms with Gasteiger partial charge in [-0.15, -0.1) is 0 Å². The number of rotatable bonds is 4. The molecule has 0 bridgehead atoms. The number of furan rings is 1. The van der Waals surface area contributed by atoms with Crippen molar-refractivity contribution in [1.29, 1.82) is 0 Å². The van der Waals surface area contributed by atoms with Crippen LogP contribution in [0.3, 0.4) is 0 Å². The van der Waals surface area contributed by atoms with E-state index in [0.29, 0.717) is 12.0 Å². The molecule has 0 aliphatic carbocycles. The molecule has 0 amide bonds.